The smallest absolute Gasteiger partial charge is 0.273 e. The van der Waals surface area contributed by atoms with Gasteiger partial charge in [-0.05, 0) is 24.3 Å². The van der Waals surface area contributed by atoms with Gasteiger partial charge in [0.15, 0.2) is 23.0 Å². The third-order valence-electron chi connectivity index (χ3n) is 4.73. The van der Waals surface area contributed by atoms with Gasteiger partial charge in [-0.1, -0.05) is 29.3 Å². The number of amides is 1. The number of rotatable bonds is 6. The van der Waals surface area contributed by atoms with E-state index in [1.807, 2.05) is 0 Å². The van der Waals surface area contributed by atoms with Crippen molar-refractivity contribution in [2.75, 3.05) is 12.4 Å². The molecule has 5 rings (SSSR count). The van der Waals surface area contributed by atoms with Gasteiger partial charge >= 0.3 is 0 Å². The lowest BCUT2D eigenvalue weighted by Crippen LogP contribution is -2.14. The molecular weight excluding hydrogens is 483 g/mol. The predicted octanol–water partition coefficient (Wildman–Crippen LogP) is 2.92. The SMILES string of the molecule is COc1cncc2nnc(-c3ccc(Nc4nn(-c5c(Cl)cccc5Cl)nc4C(N)=O)cn3)n12. The van der Waals surface area contributed by atoms with Crippen LogP contribution in [0, 0.1) is 0 Å². The fourth-order valence-electron chi connectivity index (χ4n) is 3.21. The molecule has 0 spiro atoms. The number of ether oxygens (including phenoxy) is 1. The number of primary amides is 1. The molecule has 0 saturated heterocycles. The lowest BCUT2D eigenvalue weighted by atomic mass is 10.3. The van der Waals surface area contributed by atoms with E-state index < -0.39 is 5.91 Å². The van der Waals surface area contributed by atoms with Gasteiger partial charge in [0.05, 0.1) is 41.4 Å². The Morgan fingerprint density at radius 3 is 2.53 bits per heavy atom. The number of nitrogens with two attached hydrogens (primary N) is 1. The molecule has 5 aromatic rings. The van der Waals surface area contributed by atoms with Crippen LogP contribution in [0.25, 0.3) is 22.9 Å². The van der Waals surface area contributed by atoms with E-state index in [1.54, 1.807) is 47.1 Å². The van der Waals surface area contributed by atoms with Gasteiger partial charge in [-0.25, -0.2) is 4.40 Å². The van der Waals surface area contributed by atoms with Crippen LogP contribution < -0.4 is 15.8 Å². The first kappa shape index (κ1) is 21.6. The molecule has 0 unspecified atom stereocenters. The number of benzene rings is 1. The van der Waals surface area contributed by atoms with Crippen molar-refractivity contribution in [2.45, 2.75) is 0 Å². The molecule has 14 heteroatoms. The van der Waals surface area contributed by atoms with Crippen LogP contribution in [0.1, 0.15) is 10.5 Å². The molecule has 0 bridgehead atoms. The highest BCUT2D eigenvalue weighted by molar-refractivity contribution is 6.37. The lowest BCUT2D eigenvalue weighted by Gasteiger charge is -2.07. The maximum atomic E-state index is 12.0. The fourth-order valence-corrected chi connectivity index (χ4v) is 3.75. The molecule has 0 atom stereocenters. The van der Waals surface area contributed by atoms with Gasteiger partial charge < -0.3 is 15.8 Å². The maximum absolute atomic E-state index is 12.0. The van der Waals surface area contributed by atoms with Crippen LogP contribution in [0.5, 0.6) is 5.88 Å². The number of carbonyl (C=O) groups is 1. The summed E-state index contributed by atoms with van der Waals surface area (Å²) in [6.07, 6.45) is 4.65. The van der Waals surface area contributed by atoms with Gasteiger partial charge in [0.2, 0.25) is 5.88 Å². The van der Waals surface area contributed by atoms with E-state index in [4.69, 9.17) is 33.7 Å². The standard InChI is InChI=1S/C20H14Cl2N10O2/c1-34-15-9-24-8-14-27-28-20(31(14)15)13-6-5-10(7-25-13)26-19-16(18(23)33)29-32(30-19)17-11(21)3-2-4-12(17)22/h2-9H,1H3,(H2,23,33)(H,26,30). The molecule has 170 valence electrons. The van der Waals surface area contributed by atoms with Crippen molar-refractivity contribution in [3.05, 3.63) is 64.7 Å². The van der Waals surface area contributed by atoms with Gasteiger partial charge in [-0.2, -0.15) is 0 Å². The molecule has 0 aliphatic rings. The third kappa shape index (κ3) is 3.74. The highest BCUT2D eigenvalue weighted by Gasteiger charge is 2.20. The van der Waals surface area contributed by atoms with Gasteiger partial charge in [0, 0.05) is 0 Å². The zero-order chi connectivity index (χ0) is 23.8. The Morgan fingerprint density at radius 1 is 1.06 bits per heavy atom. The van der Waals surface area contributed by atoms with Gasteiger partial charge in [0.25, 0.3) is 5.91 Å². The highest BCUT2D eigenvalue weighted by Crippen LogP contribution is 2.29. The molecule has 0 saturated carbocycles. The number of anilines is 2. The Bertz CT molecular complexity index is 1510. The van der Waals surface area contributed by atoms with E-state index >= 15 is 0 Å². The molecule has 12 nitrogen and oxygen atoms in total. The zero-order valence-corrected chi connectivity index (χ0v) is 18.9. The topological polar surface area (TPSA) is 151 Å². The molecular formula is C20H14Cl2N10O2. The lowest BCUT2D eigenvalue weighted by molar-refractivity contribution is 0.0996. The van der Waals surface area contributed by atoms with Crippen molar-refractivity contribution in [1.82, 2.24) is 39.6 Å². The van der Waals surface area contributed by atoms with E-state index in [0.717, 1.165) is 4.80 Å². The number of pyridine rings is 1. The number of methoxy groups -OCH3 is 1. The minimum absolute atomic E-state index is 0.0965. The second kappa shape index (κ2) is 8.57. The van der Waals surface area contributed by atoms with Crippen LogP contribution in [0.2, 0.25) is 10.0 Å². The molecule has 0 aliphatic heterocycles. The Balaban J connectivity index is 1.48. The molecule has 34 heavy (non-hydrogen) atoms. The summed E-state index contributed by atoms with van der Waals surface area (Å²) in [5.74, 6) is 0.260. The first-order valence-electron chi connectivity index (χ1n) is 9.64. The first-order valence-corrected chi connectivity index (χ1v) is 10.4. The van der Waals surface area contributed by atoms with Crippen molar-refractivity contribution in [1.29, 1.82) is 0 Å². The summed E-state index contributed by atoms with van der Waals surface area (Å²) in [6.45, 7) is 0. The predicted molar refractivity (Wildman–Crippen MR) is 124 cm³/mol. The van der Waals surface area contributed by atoms with Crippen molar-refractivity contribution in [2.24, 2.45) is 5.73 Å². The number of halogens is 2. The molecule has 1 amide bonds. The van der Waals surface area contributed by atoms with Crippen molar-refractivity contribution >= 4 is 46.3 Å². The van der Waals surface area contributed by atoms with E-state index in [-0.39, 0.29) is 11.5 Å². The summed E-state index contributed by atoms with van der Waals surface area (Å²) in [7, 11) is 1.53. The number of hydrogen-bond acceptors (Lipinski definition) is 9. The van der Waals surface area contributed by atoms with Crippen LogP contribution in [0.15, 0.2) is 48.9 Å². The monoisotopic (exact) mass is 496 g/mol. The quantitative estimate of drug-likeness (QED) is 0.361. The Morgan fingerprint density at radius 2 is 1.85 bits per heavy atom. The highest BCUT2D eigenvalue weighted by atomic mass is 35.5. The number of hydrogen-bond donors (Lipinski definition) is 2. The summed E-state index contributed by atoms with van der Waals surface area (Å²) < 4.78 is 7.03. The van der Waals surface area contributed by atoms with Crippen molar-refractivity contribution in [3.8, 4) is 23.1 Å². The average Bonchev–Trinajstić information content (AvgIpc) is 3.44. The van der Waals surface area contributed by atoms with Crippen LogP contribution in [0.4, 0.5) is 11.5 Å². The molecule has 0 aliphatic carbocycles. The van der Waals surface area contributed by atoms with Crippen molar-refractivity contribution < 1.29 is 9.53 Å². The number of nitrogens with zero attached hydrogens (tertiary/aromatic N) is 8. The third-order valence-corrected chi connectivity index (χ3v) is 5.34. The molecule has 0 radical (unpaired) electrons. The molecule has 3 N–H and O–H groups in total. The fraction of sp³-hybridized carbons (Fsp3) is 0.0500. The number of aromatic nitrogens is 8. The molecule has 4 heterocycles. The molecule has 1 aromatic carbocycles. The van der Waals surface area contributed by atoms with Crippen molar-refractivity contribution in [3.63, 3.8) is 0 Å². The largest absolute Gasteiger partial charge is 0.481 e. The second-order valence-electron chi connectivity index (χ2n) is 6.85. The van der Waals surface area contributed by atoms with Gasteiger partial charge in [-0.3, -0.25) is 14.8 Å². The normalized spacial score (nSPS) is 11.0. The van der Waals surface area contributed by atoms with Crippen LogP contribution in [-0.4, -0.2) is 52.6 Å². The van der Waals surface area contributed by atoms with E-state index in [1.165, 1.54) is 13.3 Å². The van der Waals surface area contributed by atoms with Crippen LogP contribution in [0.3, 0.4) is 0 Å². The van der Waals surface area contributed by atoms with E-state index in [0.29, 0.717) is 44.5 Å². The molecule has 4 aromatic heterocycles. The van der Waals surface area contributed by atoms with E-state index in [9.17, 15) is 4.79 Å². The second-order valence-corrected chi connectivity index (χ2v) is 7.66. The summed E-state index contributed by atoms with van der Waals surface area (Å²) in [4.78, 5) is 21.6. The maximum Gasteiger partial charge on any atom is 0.273 e. The minimum Gasteiger partial charge on any atom is -0.481 e. The summed E-state index contributed by atoms with van der Waals surface area (Å²) in [5.41, 5.74) is 7.28. The summed E-state index contributed by atoms with van der Waals surface area (Å²) >= 11 is 12.5. The van der Waals surface area contributed by atoms with E-state index in [2.05, 4.69) is 35.7 Å². The zero-order valence-electron chi connectivity index (χ0n) is 17.3. The van der Waals surface area contributed by atoms with Gasteiger partial charge in [-0.15, -0.1) is 25.2 Å². The average molecular weight is 497 g/mol. The number of fused-ring (bicyclic) bond motifs is 1. The Hall–Kier alpha value is -4.29. The molecule has 0 fully saturated rings. The minimum atomic E-state index is -0.780. The Kier molecular flexibility index (Phi) is 5.43. The van der Waals surface area contributed by atoms with Crippen LogP contribution in [-0.2, 0) is 0 Å². The van der Waals surface area contributed by atoms with Crippen LogP contribution >= 0.6 is 23.2 Å². The summed E-state index contributed by atoms with van der Waals surface area (Å²) in [5, 5.41) is 20.3. The number of para-hydroxylation sites is 1. The Labute approximate surface area is 201 Å². The number of carbonyl (C=O) groups excluding carboxylic acids is 1. The summed E-state index contributed by atoms with van der Waals surface area (Å²) in [6, 6.07) is 8.39. The number of nitrogens with one attached hydrogen (secondary N) is 1. The van der Waals surface area contributed by atoms with Gasteiger partial charge in [0.1, 0.15) is 11.4 Å². The first-order chi connectivity index (χ1) is 16.5.